The molecule has 172 valence electrons. The van der Waals surface area contributed by atoms with Crippen LogP contribution in [0.1, 0.15) is 59.3 Å². The molecule has 0 bridgehead atoms. The van der Waals surface area contributed by atoms with Crippen LogP contribution in [0.2, 0.25) is 0 Å². The van der Waals surface area contributed by atoms with Gasteiger partial charge in [0.1, 0.15) is 5.82 Å². The van der Waals surface area contributed by atoms with Gasteiger partial charge in [-0.05, 0) is 30.5 Å². The van der Waals surface area contributed by atoms with Gasteiger partial charge in [0, 0.05) is 30.5 Å². The zero-order valence-corrected chi connectivity index (χ0v) is 18.1. The summed E-state index contributed by atoms with van der Waals surface area (Å²) >= 11 is 0. The van der Waals surface area contributed by atoms with Crippen LogP contribution in [-0.2, 0) is 4.79 Å². The van der Waals surface area contributed by atoms with Crippen molar-refractivity contribution in [3.63, 3.8) is 0 Å². The van der Waals surface area contributed by atoms with E-state index < -0.39 is 12.2 Å². The van der Waals surface area contributed by atoms with Crippen LogP contribution in [0.5, 0.6) is 0 Å². The van der Waals surface area contributed by atoms with E-state index in [9.17, 15) is 9.59 Å². The summed E-state index contributed by atoms with van der Waals surface area (Å²) in [5, 5.41) is 17.8. The smallest absolute Gasteiger partial charge is 0.279 e. The van der Waals surface area contributed by atoms with Gasteiger partial charge in [0.2, 0.25) is 11.7 Å². The quantitative estimate of drug-likeness (QED) is 0.403. The van der Waals surface area contributed by atoms with Crippen molar-refractivity contribution in [1.82, 2.24) is 25.6 Å². The zero-order chi connectivity index (χ0) is 23.1. The molecule has 1 aliphatic heterocycles. The van der Waals surface area contributed by atoms with E-state index in [1.165, 1.54) is 12.3 Å². The second-order valence-electron chi connectivity index (χ2n) is 8.49. The van der Waals surface area contributed by atoms with E-state index in [0.717, 1.165) is 24.1 Å². The predicted molar refractivity (Wildman–Crippen MR) is 120 cm³/mol. The zero-order valence-electron chi connectivity index (χ0n) is 18.1. The van der Waals surface area contributed by atoms with Crippen molar-refractivity contribution >= 4 is 17.6 Å². The summed E-state index contributed by atoms with van der Waals surface area (Å²) in [5.74, 6) is 1.10. The minimum absolute atomic E-state index is 0.0991. The number of carbonyl (C=O) groups is 2. The minimum atomic E-state index is -0.620. The van der Waals surface area contributed by atoms with Crippen LogP contribution in [0.4, 0.5) is 5.82 Å². The number of anilines is 1. The normalized spacial score (nSPS) is 20.2. The lowest BCUT2D eigenvalue weighted by Gasteiger charge is -2.32. The average molecular weight is 458 g/mol. The Balaban J connectivity index is 1.27. The number of hydrogen-bond acceptors (Lipinski definition) is 7. The van der Waals surface area contributed by atoms with Gasteiger partial charge in [-0.3, -0.25) is 14.9 Å². The predicted octanol–water partition coefficient (Wildman–Crippen LogP) is 3.57. The van der Waals surface area contributed by atoms with Gasteiger partial charge in [-0.2, -0.15) is 5.10 Å². The molecule has 6 rings (SSSR count). The van der Waals surface area contributed by atoms with Crippen LogP contribution in [0.15, 0.2) is 69.8 Å². The summed E-state index contributed by atoms with van der Waals surface area (Å²) in [4.78, 5) is 25.5. The van der Waals surface area contributed by atoms with Gasteiger partial charge in [0.05, 0.1) is 12.0 Å². The Hall–Kier alpha value is -4.18. The van der Waals surface area contributed by atoms with Gasteiger partial charge in [0.25, 0.3) is 5.91 Å². The molecule has 0 radical (unpaired) electrons. The molecule has 34 heavy (non-hydrogen) atoms. The molecule has 3 N–H and O–H groups in total. The number of furan rings is 1. The fourth-order valence-electron chi connectivity index (χ4n) is 4.10. The van der Waals surface area contributed by atoms with Crippen LogP contribution in [0, 0.1) is 0 Å². The van der Waals surface area contributed by atoms with E-state index in [1.54, 1.807) is 16.8 Å². The second-order valence-corrected chi connectivity index (χ2v) is 8.49. The van der Waals surface area contributed by atoms with E-state index in [4.69, 9.17) is 14.0 Å². The van der Waals surface area contributed by atoms with Crippen molar-refractivity contribution in [1.29, 1.82) is 0 Å². The van der Waals surface area contributed by atoms with Crippen molar-refractivity contribution in [3.05, 3.63) is 77.8 Å². The van der Waals surface area contributed by atoms with Gasteiger partial charge in [-0.25, -0.2) is 4.68 Å². The van der Waals surface area contributed by atoms with Crippen molar-refractivity contribution in [2.75, 3.05) is 5.32 Å². The Morgan fingerprint density at radius 1 is 1.09 bits per heavy atom. The summed E-state index contributed by atoms with van der Waals surface area (Å²) in [6.07, 6.45) is 3.32. The van der Waals surface area contributed by atoms with Crippen LogP contribution in [-0.4, -0.2) is 26.8 Å². The molecule has 1 aliphatic carbocycles. The fourth-order valence-corrected chi connectivity index (χ4v) is 4.10. The third-order valence-electron chi connectivity index (χ3n) is 5.99. The van der Waals surface area contributed by atoms with E-state index >= 15 is 0 Å². The SMILES string of the molecule is O=C1CC(c2ccccc2)NC(n2nc(C3CC3)cc2NC(=O)c2cc(-c3ccco3)on2)N1. The first-order valence-electron chi connectivity index (χ1n) is 11.2. The molecular weight excluding hydrogens is 436 g/mol. The highest BCUT2D eigenvalue weighted by Crippen LogP contribution is 2.40. The molecule has 0 spiro atoms. The van der Waals surface area contributed by atoms with Gasteiger partial charge >= 0.3 is 0 Å². The molecule has 10 heteroatoms. The number of amides is 2. The standard InChI is InChI=1S/C24H22N6O4/c31-22-13-16(14-5-2-1-3-6-14)25-24(27-22)30-21(12-17(28-30)15-8-9-15)26-23(32)18-11-20(34-29-18)19-7-4-10-33-19/h1-7,10-12,15-16,24-25H,8-9,13H2,(H,26,32)(H,27,31). The van der Waals surface area contributed by atoms with Crippen molar-refractivity contribution in [2.45, 2.75) is 37.5 Å². The molecule has 1 aromatic carbocycles. The number of benzene rings is 1. The number of aromatic nitrogens is 3. The number of rotatable bonds is 6. The molecule has 2 unspecified atom stereocenters. The summed E-state index contributed by atoms with van der Waals surface area (Å²) in [5.41, 5.74) is 2.00. The van der Waals surface area contributed by atoms with Gasteiger partial charge in [-0.15, -0.1) is 0 Å². The third kappa shape index (κ3) is 3.99. The van der Waals surface area contributed by atoms with Crippen LogP contribution >= 0.6 is 0 Å². The Bertz CT molecular complexity index is 1320. The topological polar surface area (TPSA) is 127 Å². The second kappa shape index (κ2) is 8.31. The summed E-state index contributed by atoms with van der Waals surface area (Å²) in [6, 6.07) is 16.4. The Kier molecular flexibility index (Phi) is 4.99. The van der Waals surface area contributed by atoms with Gasteiger partial charge in [0.15, 0.2) is 17.7 Å². The van der Waals surface area contributed by atoms with E-state index in [-0.39, 0.29) is 17.6 Å². The maximum absolute atomic E-state index is 13.0. The summed E-state index contributed by atoms with van der Waals surface area (Å²) in [6.45, 7) is 0. The highest BCUT2D eigenvalue weighted by atomic mass is 16.5. The highest BCUT2D eigenvalue weighted by Gasteiger charge is 2.33. The van der Waals surface area contributed by atoms with E-state index in [0.29, 0.717) is 29.7 Å². The summed E-state index contributed by atoms with van der Waals surface area (Å²) < 4.78 is 12.2. The van der Waals surface area contributed by atoms with Crippen LogP contribution in [0.3, 0.4) is 0 Å². The highest BCUT2D eigenvalue weighted by molar-refractivity contribution is 6.02. The van der Waals surface area contributed by atoms with Crippen LogP contribution in [0.25, 0.3) is 11.5 Å². The van der Waals surface area contributed by atoms with Crippen molar-refractivity contribution < 1.29 is 18.5 Å². The molecule has 2 atom stereocenters. The van der Waals surface area contributed by atoms with Crippen molar-refractivity contribution in [2.24, 2.45) is 0 Å². The molecule has 10 nitrogen and oxygen atoms in total. The number of nitrogens with zero attached hydrogens (tertiary/aromatic N) is 3. The maximum atomic E-state index is 13.0. The lowest BCUT2D eigenvalue weighted by atomic mass is 10.0. The fraction of sp³-hybridized carbons (Fsp3) is 0.250. The van der Waals surface area contributed by atoms with Crippen LogP contribution < -0.4 is 16.0 Å². The Morgan fingerprint density at radius 2 is 1.94 bits per heavy atom. The number of hydrogen-bond donors (Lipinski definition) is 3. The molecule has 1 saturated carbocycles. The summed E-state index contributed by atoms with van der Waals surface area (Å²) in [7, 11) is 0. The molecule has 2 amide bonds. The maximum Gasteiger partial charge on any atom is 0.279 e. The first-order chi connectivity index (χ1) is 16.6. The molecule has 4 heterocycles. The third-order valence-corrected chi connectivity index (χ3v) is 5.99. The first kappa shape index (κ1) is 20.4. The van der Waals surface area contributed by atoms with E-state index in [1.807, 2.05) is 36.4 Å². The van der Waals surface area contributed by atoms with Gasteiger partial charge in [-0.1, -0.05) is 35.5 Å². The molecular formula is C24H22N6O4. The molecule has 1 saturated heterocycles. The Labute approximate surface area is 194 Å². The molecule has 3 aromatic heterocycles. The number of nitrogens with one attached hydrogen (secondary N) is 3. The molecule has 2 fully saturated rings. The largest absolute Gasteiger partial charge is 0.461 e. The molecule has 2 aliphatic rings. The lowest BCUT2D eigenvalue weighted by molar-refractivity contribution is -0.125. The number of carbonyl (C=O) groups excluding carboxylic acids is 2. The molecule has 4 aromatic rings. The van der Waals surface area contributed by atoms with Gasteiger partial charge < -0.3 is 19.6 Å². The Morgan fingerprint density at radius 3 is 2.71 bits per heavy atom. The first-order valence-corrected chi connectivity index (χ1v) is 11.2. The monoisotopic (exact) mass is 458 g/mol. The minimum Gasteiger partial charge on any atom is -0.461 e. The van der Waals surface area contributed by atoms with E-state index in [2.05, 4.69) is 21.1 Å². The average Bonchev–Trinajstić information content (AvgIpc) is 3.23. The lowest BCUT2D eigenvalue weighted by Crippen LogP contribution is -2.50. The van der Waals surface area contributed by atoms with Crippen molar-refractivity contribution in [3.8, 4) is 11.5 Å².